The number of nitrogens with one attached hydrogen (secondary N) is 1. The van der Waals surface area contributed by atoms with Crippen molar-refractivity contribution in [3.63, 3.8) is 0 Å². The zero-order chi connectivity index (χ0) is 9.26. The Morgan fingerprint density at radius 1 is 1.54 bits per heavy atom. The van der Waals surface area contributed by atoms with E-state index in [9.17, 15) is 4.79 Å². The van der Waals surface area contributed by atoms with E-state index in [4.69, 9.17) is 0 Å². The van der Waals surface area contributed by atoms with Crippen LogP contribution in [0.3, 0.4) is 0 Å². The predicted octanol–water partition coefficient (Wildman–Crippen LogP) is 0.954. The maximum Gasteiger partial charge on any atom is 0.237 e. The van der Waals surface area contributed by atoms with Crippen molar-refractivity contribution in [3.8, 4) is 0 Å². The molecule has 0 aromatic rings. The minimum absolute atomic E-state index is 0.285. The van der Waals surface area contributed by atoms with Crippen LogP contribution in [0.2, 0.25) is 0 Å². The van der Waals surface area contributed by atoms with Gasteiger partial charge in [-0.25, -0.2) is 0 Å². The zero-order valence-corrected chi connectivity index (χ0v) is 8.25. The molecule has 1 amide bonds. The van der Waals surface area contributed by atoms with Crippen LogP contribution in [0, 0.1) is 5.92 Å². The molecular weight excluding hydrogens is 164 g/mol. The van der Waals surface area contributed by atoms with Crippen molar-refractivity contribution in [1.82, 2.24) is 10.2 Å². The number of hydrogen-bond acceptors (Lipinski definition) is 2. The molecule has 74 valence electrons. The highest BCUT2D eigenvalue weighted by atomic mass is 16.2. The van der Waals surface area contributed by atoms with Gasteiger partial charge >= 0.3 is 0 Å². The first-order valence-electron chi connectivity index (χ1n) is 5.34. The monoisotopic (exact) mass is 182 g/mol. The SMILES string of the molecule is CCC1NCC(=O)N1CCC1CC1. The van der Waals surface area contributed by atoms with E-state index in [0.717, 1.165) is 18.9 Å². The first-order chi connectivity index (χ1) is 6.31. The molecule has 1 unspecified atom stereocenters. The molecule has 1 aliphatic carbocycles. The summed E-state index contributed by atoms with van der Waals surface area (Å²) < 4.78 is 0. The van der Waals surface area contributed by atoms with Gasteiger partial charge in [0.25, 0.3) is 0 Å². The van der Waals surface area contributed by atoms with Gasteiger partial charge in [0.05, 0.1) is 12.7 Å². The number of amides is 1. The standard InChI is InChI=1S/C10H18N2O/c1-2-9-11-7-10(13)12(9)6-5-8-3-4-8/h8-9,11H,2-7H2,1H3. The summed E-state index contributed by atoms with van der Waals surface area (Å²) in [6.45, 7) is 3.64. The van der Waals surface area contributed by atoms with Crippen molar-refractivity contribution in [2.75, 3.05) is 13.1 Å². The maximum absolute atomic E-state index is 11.4. The Bertz CT molecular complexity index is 201. The first-order valence-corrected chi connectivity index (χ1v) is 5.34. The molecule has 1 saturated carbocycles. The molecular formula is C10H18N2O. The van der Waals surface area contributed by atoms with Crippen molar-refractivity contribution in [1.29, 1.82) is 0 Å². The van der Waals surface area contributed by atoms with Gasteiger partial charge in [-0.1, -0.05) is 19.8 Å². The lowest BCUT2D eigenvalue weighted by Crippen LogP contribution is -2.37. The van der Waals surface area contributed by atoms with E-state index < -0.39 is 0 Å². The Labute approximate surface area is 79.5 Å². The average molecular weight is 182 g/mol. The molecule has 0 bridgehead atoms. The fraction of sp³-hybridized carbons (Fsp3) is 0.900. The molecule has 0 spiro atoms. The molecule has 1 N–H and O–H groups in total. The lowest BCUT2D eigenvalue weighted by atomic mass is 10.2. The Balaban J connectivity index is 1.82. The van der Waals surface area contributed by atoms with E-state index in [-0.39, 0.29) is 5.91 Å². The molecule has 0 aromatic carbocycles. The lowest BCUT2D eigenvalue weighted by Gasteiger charge is -2.22. The van der Waals surface area contributed by atoms with Crippen molar-refractivity contribution in [2.24, 2.45) is 5.92 Å². The Kier molecular flexibility index (Phi) is 2.54. The summed E-state index contributed by atoms with van der Waals surface area (Å²) in [5, 5.41) is 3.23. The fourth-order valence-electron chi connectivity index (χ4n) is 1.96. The molecule has 0 aromatic heterocycles. The molecule has 0 radical (unpaired) electrons. The van der Waals surface area contributed by atoms with Crippen LogP contribution >= 0.6 is 0 Å². The van der Waals surface area contributed by atoms with Crippen LogP contribution in [-0.4, -0.2) is 30.1 Å². The van der Waals surface area contributed by atoms with Gasteiger partial charge in [-0.05, 0) is 18.8 Å². The molecule has 2 aliphatic rings. The summed E-state index contributed by atoms with van der Waals surface area (Å²) in [7, 11) is 0. The second-order valence-electron chi connectivity index (χ2n) is 4.12. The topological polar surface area (TPSA) is 32.3 Å². The minimum atomic E-state index is 0.285. The molecule has 3 heteroatoms. The Morgan fingerprint density at radius 3 is 2.92 bits per heavy atom. The van der Waals surface area contributed by atoms with E-state index in [1.54, 1.807) is 0 Å². The van der Waals surface area contributed by atoms with Crippen LogP contribution in [0.4, 0.5) is 0 Å². The summed E-state index contributed by atoms with van der Waals surface area (Å²) in [5.41, 5.74) is 0. The van der Waals surface area contributed by atoms with Crippen molar-refractivity contribution < 1.29 is 4.79 Å². The third-order valence-corrected chi connectivity index (χ3v) is 3.05. The summed E-state index contributed by atoms with van der Waals surface area (Å²) in [6, 6.07) is 0. The van der Waals surface area contributed by atoms with E-state index in [1.165, 1.54) is 19.3 Å². The van der Waals surface area contributed by atoms with E-state index >= 15 is 0 Å². The van der Waals surface area contributed by atoms with Crippen molar-refractivity contribution >= 4 is 5.91 Å². The van der Waals surface area contributed by atoms with E-state index in [0.29, 0.717) is 12.7 Å². The van der Waals surface area contributed by atoms with Gasteiger partial charge in [0.1, 0.15) is 0 Å². The van der Waals surface area contributed by atoms with Crippen LogP contribution in [-0.2, 0) is 4.79 Å². The molecule has 2 rings (SSSR count). The van der Waals surface area contributed by atoms with Crippen LogP contribution in [0.5, 0.6) is 0 Å². The van der Waals surface area contributed by atoms with Gasteiger partial charge in [-0.3, -0.25) is 10.1 Å². The molecule has 1 saturated heterocycles. The normalized spacial score (nSPS) is 28.5. The summed E-state index contributed by atoms with van der Waals surface area (Å²) in [6.07, 6.45) is 5.31. The number of carbonyl (C=O) groups is 1. The highest BCUT2D eigenvalue weighted by Crippen LogP contribution is 2.32. The molecule has 13 heavy (non-hydrogen) atoms. The van der Waals surface area contributed by atoms with Gasteiger partial charge < -0.3 is 4.90 Å². The zero-order valence-electron chi connectivity index (χ0n) is 8.25. The van der Waals surface area contributed by atoms with E-state index in [2.05, 4.69) is 12.2 Å². The van der Waals surface area contributed by atoms with Gasteiger partial charge in [-0.2, -0.15) is 0 Å². The number of carbonyl (C=O) groups excluding carboxylic acids is 1. The van der Waals surface area contributed by atoms with Gasteiger partial charge in [-0.15, -0.1) is 0 Å². The average Bonchev–Trinajstić information content (AvgIpc) is 2.88. The van der Waals surface area contributed by atoms with Crippen LogP contribution in [0.1, 0.15) is 32.6 Å². The third kappa shape index (κ3) is 2.02. The highest BCUT2D eigenvalue weighted by molar-refractivity contribution is 5.80. The summed E-state index contributed by atoms with van der Waals surface area (Å²) in [5.74, 6) is 1.21. The second kappa shape index (κ2) is 3.66. The first kappa shape index (κ1) is 9.00. The van der Waals surface area contributed by atoms with Crippen LogP contribution < -0.4 is 5.32 Å². The number of rotatable bonds is 4. The lowest BCUT2D eigenvalue weighted by molar-refractivity contribution is -0.128. The predicted molar refractivity (Wildman–Crippen MR) is 51.1 cm³/mol. The third-order valence-electron chi connectivity index (χ3n) is 3.05. The van der Waals surface area contributed by atoms with Crippen LogP contribution in [0.25, 0.3) is 0 Å². The van der Waals surface area contributed by atoms with Crippen molar-refractivity contribution in [3.05, 3.63) is 0 Å². The molecule has 1 aliphatic heterocycles. The van der Waals surface area contributed by atoms with Crippen LogP contribution in [0.15, 0.2) is 0 Å². The molecule has 2 fully saturated rings. The Morgan fingerprint density at radius 2 is 2.31 bits per heavy atom. The molecule has 3 nitrogen and oxygen atoms in total. The van der Waals surface area contributed by atoms with Crippen molar-refractivity contribution in [2.45, 2.75) is 38.8 Å². The fourth-order valence-corrected chi connectivity index (χ4v) is 1.96. The molecule has 1 atom stereocenters. The quantitative estimate of drug-likeness (QED) is 0.702. The largest absolute Gasteiger partial charge is 0.326 e. The second-order valence-corrected chi connectivity index (χ2v) is 4.12. The van der Waals surface area contributed by atoms with E-state index in [1.807, 2.05) is 4.90 Å². The smallest absolute Gasteiger partial charge is 0.237 e. The van der Waals surface area contributed by atoms with Gasteiger partial charge in [0.2, 0.25) is 5.91 Å². The number of nitrogens with zero attached hydrogens (tertiary/aromatic N) is 1. The summed E-state index contributed by atoms with van der Waals surface area (Å²) >= 11 is 0. The molecule has 1 heterocycles. The van der Waals surface area contributed by atoms with Gasteiger partial charge in [0.15, 0.2) is 0 Å². The Hall–Kier alpha value is -0.570. The van der Waals surface area contributed by atoms with Gasteiger partial charge in [0, 0.05) is 6.54 Å². The minimum Gasteiger partial charge on any atom is -0.326 e. The number of hydrogen-bond donors (Lipinski definition) is 1. The highest BCUT2D eigenvalue weighted by Gasteiger charge is 2.30. The summed E-state index contributed by atoms with van der Waals surface area (Å²) in [4.78, 5) is 13.5. The maximum atomic E-state index is 11.4.